The van der Waals surface area contributed by atoms with Gasteiger partial charge in [0, 0.05) is 6.54 Å². The first-order valence-electron chi connectivity index (χ1n) is 5.21. The summed E-state index contributed by atoms with van der Waals surface area (Å²) in [5, 5.41) is 16.3. The molecule has 1 aromatic carbocycles. The molecular formula is C11H8F3N3OS. The fourth-order valence-corrected chi connectivity index (χ4v) is 2.61. The molecule has 0 aliphatic rings. The molecule has 0 saturated heterocycles. The average molecular weight is 287 g/mol. The molecule has 0 aliphatic heterocycles. The van der Waals surface area contributed by atoms with Gasteiger partial charge in [-0.3, -0.25) is 5.41 Å². The summed E-state index contributed by atoms with van der Waals surface area (Å²) in [6.45, 7) is 0.342. The standard InChI is InChI=1S/C11H8F3N3OS/c12-11(13,14)18-7-2-3-8-9(6-7)19-10(16)17(8)5-1-4-15/h2-3,6,16H,1,5H2. The zero-order valence-electron chi connectivity index (χ0n) is 9.49. The van der Waals surface area contributed by atoms with Crippen molar-refractivity contribution in [1.82, 2.24) is 4.57 Å². The third-order valence-electron chi connectivity index (χ3n) is 2.35. The van der Waals surface area contributed by atoms with E-state index in [0.29, 0.717) is 16.8 Å². The quantitative estimate of drug-likeness (QED) is 0.943. The lowest BCUT2D eigenvalue weighted by atomic mass is 10.3. The Bertz CT molecular complexity index is 696. The number of nitriles is 1. The van der Waals surface area contributed by atoms with Gasteiger partial charge in [0.15, 0.2) is 4.80 Å². The third-order valence-corrected chi connectivity index (χ3v) is 3.32. The van der Waals surface area contributed by atoms with Crippen LogP contribution in [0, 0.1) is 16.7 Å². The van der Waals surface area contributed by atoms with E-state index in [0.717, 1.165) is 11.3 Å². The molecule has 0 unspecified atom stereocenters. The van der Waals surface area contributed by atoms with Crippen molar-refractivity contribution >= 4 is 21.6 Å². The number of ether oxygens (including phenoxy) is 1. The van der Waals surface area contributed by atoms with Gasteiger partial charge >= 0.3 is 6.36 Å². The Kier molecular flexibility index (Phi) is 3.48. The summed E-state index contributed by atoms with van der Waals surface area (Å²) in [6.07, 6.45) is -4.49. The molecule has 1 aromatic heterocycles. The van der Waals surface area contributed by atoms with Gasteiger partial charge in [0.2, 0.25) is 0 Å². The summed E-state index contributed by atoms with van der Waals surface area (Å²) in [7, 11) is 0. The predicted molar refractivity (Wildman–Crippen MR) is 62.6 cm³/mol. The number of aryl methyl sites for hydroxylation is 1. The Morgan fingerprint density at radius 2 is 2.16 bits per heavy atom. The summed E-state index contributed by atoms with van der Waals surface area (Å²) in [5.74, 6) is -0.311. The van der Waals surface area contributed by atoms with Crippen LogP contribution in [0.25, 0.3) is 10.2 Å². The van der Waals surface area contributed by atoms with E-state index in [4.69, 9.17) is 10.7 Å². The number of aromatic nitrogens is 1. The van der Waals surface area contributed by atoms with Crippen LogP contribution in [0.2, 0.25) is 0 Å². The first-order chi connectivity index (χ1) is 8.90. The van der Waals surface area contributed by atoms with E-state index >= 15 is 0 Å². The van der Waals surface area contributed by atoms with Gasteiger partial charge in [-0.25, -0.2) is 0 Å². The summed E-state index contributed by atoms with van der Waals surface area (Å²) in [6, 6.07) is 5.87. The zero-order chi connectivity index (χ0) is 14.0. The summed E-state index contributed by atoms with van der Waals surface area (Å²) < 4.78 is 42.2. The molecule has 2 aromatic rings. The molecule has 0 radical (unpaired) electrons. The van der Waals surface area contributed by atoms with Gasteiger partial charge in [0.25, 0.3) is 0 Å². The second-order valence-corrected chi connectivity index (χ2v) is 4.67. The zero-order valence-corrected chi connectivity index (χ0v) is 10.3. The summed E-state index contributed by atoms with van der Waals surface area (Å²) >= 11 is 1.04. The van der Waals surface area contributed by atoms with E-state index in [9.17, 15) is 13.2 Å². The fourth-order valence-electron chi connectivity index (χ4n) is 1.65. The second kappa shape index (κ2) is 4.93. The van der Waals surface area contributed by atoms with E-state index in [2.05, 4.69) is 4.74 Å². The van der Waals surface area contributed by atoms with Crippen LogP contribution in [0.5, 0.6) is 5.75 Å². The number of fused-ring (bicyclic) bond motifs is 1. The highest BCUT2D eigenvalue weighted by Crippen LogP contribution is 2.27. The molecule has 100 valence electrons. The van der Waals surface area contributed by atoms with Crippen LogP contribution in [0.4, 0.5) is 13.2 Å². The lowest BCUT2D eigenvalue weighted by molar-refractivity contribution is -0.274. The third kappa shape index (κ3) is 3.06. The molecule has 0 aliphatic carbocycles. The second-order valence-electron chi connectivity index (χ2n) is 3.64. The molecule has 2 rings (SSSR count). The molecule has 0 amide bonds. The van der Waals surface area contributed by atoms with Crippen molar-refractivity contribution in [2.45, 2.75) is 19.3 Å². The molecule has 1 heterocycles. The van der Waals surface area contributed by atoms with Crippen molar-refractivity contribution in [2.24, 2.45) is 0 Å². The number of alkyl halides is 3. The Balaban J connectivity index is 2.41. The minimum absolute atomic E-state index is 0.189. The molecule has 0 spiro atoms. The number of halogens is 3. The SMILES string of the molecule is N#CCCn1c(=N)sc2cc(OC(F)(F)F)ccc21. The van der Waals surface area contributed by atoms with Crippen molar-refractivity contribution in [3.8, 4) is 11.8 Å². The lowest BCUT2D eigenvalue weighted by Crippen LogP contribution is -2.17. The molecule has 4 nitrogen and oxygen atoms in total. The minimum Gasteiger partial charge on any atom is -0.406 e. The Labute approximate surface area is 109 Å². The van der Waals surface area contributed by atoms with Gasteiger partial charge < -0.3 is 9.30 Å². The van der Waals surface area contributed by atoms with Crippen LogP contribution < -0.4 is 9.54 Å². The topological polar surface area (TPSA) is 61.8 Å². The molecule has 0 saturated carbocycles. The van der Waals surface area contributed by atoms with Crippen LogP contribution in [-0.2, 0) is 6.54 Å². The van der Waals surface area contributed by atoms with Crippen LogP contribution in [-0.4, -0.2) is 10.9 Å². The first-order valence-corrected chi connectivity index (χ1v) is 6.03. The van der Waals surface area contributed by atoms with E-state index in [1.54, 1.807) is 4.57 Å². The highest BCUT2D eigenvalue weighted by Gasteiger charge is 2.31. The fraction of sp³-hybridized carbons (Fsp3) is 0.273. The van der Waals surface area contributed by atoms with Gasteiger partial charge in [-0.15, -0.1) is 13.2 Å². The van der Waals surface area contributed by atoms with Gasteiger partial charge in [0.05, 0.1) is 22.7 Å². The van der Waals surface area contributed by atoms with Crippen molar-refractivity contribution in [3.05, 3.63) is 23.0 Å². The number of nitrogens with zero attached hydrogens (tertiary/aromatic N) is 2. The normalized spacial score (nSPS) is 11.5. The molecule has 8 heteroatoms. The highest BCUT2D eigenvalue weighted by atomic mass is 32.1. The predicted octanol–water partition coefficient (Wildman–Crippen LogP) is 2.99. The van der Waals surface area contributed by atoms with Crippen molar-refractivity contribution in [3.63, 3.8) is 0 Å². The number of rotatable bonds is 3. The van der Waals surface area contributed by atoms with Crippen molar-refractivity contribution in [1.29, 1.82) is 10.7 Å². The van der Waals surface area contributed by atoms with Gasteiger partial charge in [-0.05, 0) is 18.2 Å². The molecule has 1 N–H and O–H groups in total. The van der Waals surface area contributed by atoms with Crippen LogP contribution in [0.15, 0.2) is 18.2 Å². The summed E-state index contributed by atoms with van der Waals surface area (Å²) in [4.78, 5) is 0.189. The molecule has 19 heavy (non-hydrogen) atoms. The Hall–Kier alpha value is -2.01. The van der Waals surface area contributed by atoms with Crippen molar-refractivity contribution in [2.75, 3.05) is 0 Å². The molecule has 0 bridgehead atoms. The van der Waals surface area contributed by atoms with E-state index < -0.39 is 6.36 Å². The average Bonchev–Trinajstić information content (AvgIpc) is 2.59. The number of benzene rings is 1. The lowest BCUT2D eigenvalue weighted by Gasteiger charge is -2.08. The molecular weight excluding hydrogens is 279 g/mol. The van der Waals surface area contributed by atoms with Gasteiger partial charge in [-0.2, -0.15) is 5.26 Å². The Morgan fingerprint density at radius 1 is 1.42 bits per heavy atom. The summed E-state index contributed by atoms with van der Waals surface area (Å²) in [5.41, 5.74) is 0.625. The van der Waals surface area contributed by atoms with Crippen LogP contribution in [0.1, 0.15) is 6.42 Å². The molecule has 0 fully saturated rings. The number of nitrogens with one attached hydrogen (secondary N) is 1. The number of thiazole rings is 1. The van der Waals surface area contributed by atoms with E-state index in [1.807, 2.05) is 6.07 Å². The minimum atomic E-state index is -4.73. The first kappa shape index (κ1) is 13.4. The number of hydrogen-bond acceptors (Lipinski definition) is 4. The largest absolute Gasteiger partial charge is 0.573 e. The maximum Gasteiger partial charge on any atom is 0.573 e. The van der Waals surface area contributed by atoms with Crippen molar-refractivity contribution < 1.29 is 17.9 Å². The van der Waals surface area contributed by atoms with E-state index in [-0.39, 0.29) is 17.0 Å². The maximum absolute atomic E-state index is 12.1. The number of hydrogen-bond donors (Lipinski definition) is 1. The van der Waals surface area contributed by atoms with Crippen LogP contribution >= 0.6 is 11.3 Å². The monoisotopic (exact) mass is 287 g/mol. The highest BCUT2D eigenvalue weighted by molar-refractivity contribution is 7.16. The van der Waals surface area contributed by atoms with Gasteiger partial charge in [-0.1, -0.05) is 11.3 Å². The van der Waals surface area contributed by atoms with E-state index in [1.165, 1.54) is 18.2 Å². The smallest absolute Gasteiger partial charge is 0.406 e. The van der Waals surface area contributed by atoms with Gasteiger partial charge in [0.1, 0.15) is 5.75 Å². The Morgan fingerprint density at radius 3 is 2.79 bits per heavy atom. The maximum atomic E-state index is 12.1. The molecule has 0 atom stereocenters. The van der Waals surface area contributed by atoms with Crippen LogP contribution in [0.3, 0.4) is 0 Å².